The number of pyridine rings is 1. The van der Waals surface area contributed by atoms with E-state index in [4.69, 9.17) is 48.1 Å². The van der Waals surface area contributed by atoms with Gasteiger partial charge in [-0.3, -0.25) is 13.7 Å². The Morgan fingerprint density at radius 1 is 0.174 bits per heavy atom. The predicted octanol–water partition coefficient (Wildman–Crippen LogP) is 31.0. The van der Waals surface area contributed by atoms with Crippen molar-refractivity contribution >= 4 is 196 Å². The van der Waals surface area contributed by atoms with Gasteiger partial charge in [-0.2, -0.15) is 19.9 Å². The highest BCUT2D eigenvalue weighted by Crippen LogP contribution is 2.54. The molecule has 0 N–H and O–H groups in total. The van der Waals surface area contributed by atoms with Crippen LogP contribution in [0.1, 0.15) is 0 Å². The van der Waals surface area contributed by atoms with Gasteiger partial charge in [0.2, 0.25) is 11.9 Å². The minimum atomic E-state index is 0.564. The van der Waals surface area contributed by atoms with Crippen LogP contribution < -0.4 is 0 Å². The van der Waals surface area contributed by atoms with Crippen molar-refractivity contribution in [2.75, 3.05) is 0 Å². The molecule has 612 valence electrons. The van der Waals surface area contributed by atoms with E-state index in [2.05, 4.69) is 287 Å². The van der Waals surface area contributed by atoms with Crippen LogP contribution in [0.15, 0.2) is 426 Å². The van der Waals surface area contributed by atoms with Gasteiger partial charge in [0.1, 0.15) is 39.3 Å². The van der Waals surface area contributed by atoms with Gasteiger partial charge >= 0.3 is 0 Å². The highest BCUT2D eigenvalue weighted by Gasteiger charge is 2.32. The Balaban J connectivity index is 0.000000102. The summed E-state index contributed by atoms with van der Waals surface area (Å²) in [7, 11) is 0. The predicted molar refractivity (Wildman–Crippen MR) is 540 cm³/mol. The van der Waals surface area contributed by atoms with E-state index >= 15 is 0 Å². The van der Waals surface area contributed by atoms with Gasteiger partial charge in [-0.15, -0.1) is 0 Å². The van der Waals surface area contributed by atoms with Gasteiger partial charge < -0.3 is 13.3 Å². The summed E-state index contributed by atoms with van der Waals surface area (Å²) in [5, 5.41) is 28.2. The maximum Gasteiger partial charge on any atom is 0.238 e. The van der Waals surface area contributed by atoms with Crippen molar-refractivity contribution in [1.29, 1.82) is 0 Å². The second-order valence-electron chi connectivity index (χ2n) is 33.9. The van der Waals surface area contributed by atoms with Crippen LogP contribution in [0, 0.1) is 0 Å². The first-order valence-electron chi connectivity index (χ1n) is 44.4. The third kappa shape index (κ3) is 10.9. The van der Waals surface area contributed by atoms with E-state index in [-0.39, 0.29) is 0 Å². The summed E-state index contributed by atoms with van der Waals surface area (Å²) in [6.45, 7) is 0. The van der Waals surface area contributed by atoms with Gasteiger partial charge in [0.15, 0.2) is 23.3 Å². The maximum atomic E-state index is 6.89. The largest absolute Gasteiger partial charge is 0.456 e. The van der Waals surface area contributed by atoms with Crippen LogP contribution in [0.25, 0.3) is 281 Å². The fraction of sp³-hybridized carbons (Fsp3) is 0. The van der Waals surface area contributed by atoms with E-state index in [1.165, 1.54) is 75.4 Å². The lowest BCUT2D eigenvalue weighted by molar-refractivity contribution is 0.669. The molecule has 21 aromatic carbocycles. The monoisotopic (exact) mass is 1680 g/mol. The average Bonchev–Trinajstić information content (AvgIpc) is 1.53. The first kappa shape index (κ1) is 73.2. The minimum Gasteiger partial charge on any atom is -0.456 e. The molecule has 0 aliphatic rings. The lowest BCUT2D eigenvalue weighted by Crippen LogP contribution is -2.06. The minimum absolute atomic E-state index is 0.564. The zero-order valence-electron chi connectivity index (χ0n) is 70.5. The normalized spacial score (nSPS) is 12.1. The van der Waals surface area contributed by atoms with E-state index in [1.807, 2.05) is 140 Å². The fourth-order valence-electron chi connectivity index (χ4n) is 21.3. The smallest absolute Gasteiger partial charge is 0.238 e. The van der Waals surface area contributed by atoms with E-state index < -0.39 is 0 Å². The first-order chi connectivity index (χ1) is 65.5. The van der Waals surface area contributed by atoms with Crippen LogP contribution in [0.3, 0.4) is 0 Å². The number of fused-ring (bicyclic) bond motifs is 9. The van der Waals surface area contributed by atoms with Gasteiger partial charge in [-0.25, -0.2) is 15.0 Å². The summed E-state index contributed by atoms with van der Waals surface area (Å²) in [5.41, 5.74) is 19.7. The standard InChI is InChI=1S/2C45H26N4O.C29H16N2O/c2*1-4-14-27(15-5-1)34-26-36-40-38-32(30-20-10-11-21-31(30)33-23-13-25-37-39(33)41(40)42(34)50-37)22-12-24-35(38)49(36)45-47-43(28-16-6-2-7-17-28)46-44(48-45)29-18-8-3-9-19-29;1-2-8-18-17(7-1)19-9-5-11-21-26(19)28-22(31(21)25-13-3-4-16-30-25)14-15-24-29(28)27-20(18)10-6-12-23(27)32-24/h2*1-26H;1-16H. The molecule has 0 atom stereocenters. The lowest BCUT2D eigenvalue weighted by Gasteiger charge is -2.11. The summed E-state index contributed by atoms with van der Waals surface area (Å²) in [5.74, 6) is 4.53. The molecule has 13 nitrogen and oxygen atoms in total. The fourth-order valence-corrected chi connectivity index (χ4v) is 21.3. The number of benzene rings is 18. The van der Waals surface area contributed by atoms with Gasteiger partial charge in [0.05, 0.1) is 33.1 Å². The molecule has 0 amide bonds. The molecule has 0 saturated carbocycles. The van der Waals surface area contributed by atoms with E-state index in [9.17, 15) is 0 Å². The highest BCUT2D eigenvalue weighted by molar-refractivity contribution is 6.43. The molecule has 0 fully saturated rings. The number of nitrogens with zero attached hydrogens (tertiary/aromatic N) is 10. The molecule has 30 rings (SSSR count). The van der Waals surface area contributed by atoms with E-state index in [1.54, 1.807) is 0 Å². The van der Waals surface area contributed by atoms with E-state index in [0.717, 1.165) is 171 Å². The number of hydrogen-bond donors (Lipinski definition) is 0. The number of aromatic nitrogens is 10. The molecule has 13 heteroatoms. The van der Waals surface area contributed by atoms with Crippen LogP contribution in [0.5, 0.6) is 0 Å². The van der Waals surface area contributed by atoms with Crippen molar-refractivity contribution < 1.29 is 13.3 Å². The van der Waals surface area contributed by atoms with E-state index in [0.29, 0.717) is 35.2 Å². The third-order valence-electron chi connectivity index (χ3n) is 26.8. The van der Waals surface area contributed by atoms with Gasteiger partial charge in [-0.1, -0.05) is 334 Å². The summed E-state index contributed by atoms with van der Waals surface area (Å²) in [6, 6.07) is 142. The second kappa shape index (κ2) is 28.7. The highest BCUT2D eigenvalue weighted by atomic mass is 16.3. The second-order valence-corrected chi connectivity index (χ2v) is 33.9. The molecule has 0 aliphatic carbocycles. The van der Waals surface area contributed by atoms with Crippen molar-refractivity contribution in [3.05, 3.63) is 413 Å². The lowest BCUT2D eigenvalue weighted by atomic mass is 9.92. The quantitative estimate of drug-likeness (QED) is 0.137. The molecular weight excluding hydrogens is 1620 g/mol. The molecular formula is C119H68N10O3. The molecule has 0 bridgehead atoms. The molecule has 9 heterocycles. The zero-order valence-corrected chi connectivity index (χ0v) is 70.5. The summed E-state index contributed by atoms with van der Waals surface area (Å²) in [6.07, 6.45) is 1.86. The summed E-state index contributed by atoms with van der Waals surface area (Å²) < 4.78 is 26.9. The molecule has 30 aromatic rings. The summed E-state index contributed by atoms with van der Waals surface area (Å²) >= 11 is 0. The third-order valence-corrected chi connectivity index (χ3v) is 26.8. The molecule has 0 saturated heterocycles. The van der Waals surface area contributed by atoms with Crippen molar-refractivity contribution in [3.63, 3.8) is 0 Å². The van der Waals surface area contributed by atoms with Crippen LogP contribution in [0.2, 0.25) is 0 Å². The van der Waals surface area contributed by atoms with Crippen molar-refractivity contribution in [3.8, 4) is 85.5 Å². The van der Waals surface area contributed by atoms with Gasteiger partial charge in [0, 0.05) is 104 Å². The molecule has 0 aliphatic heterocycles. The van der Waals surface area contributed by atoms with Crippen LogP contribution >= 0.6 is 0 Å². The van der Waals surface area contributed by atoms with Crippen molar-refractivity contribution in [2.24, 2.45) is 0 Å². The Bertz CT molecular complexity index is 9360. The molecule has 9 aromatic heterocycles. The Morgan fingerprint density at radius 3 is 0.811 bits per heavy atom. The SMILES string of the molecule is c1ccc(-c2nc(-c3ccccc3)nc(-n3c4cccc5c6ccccc6c6cccc7oc8c(-c9ccccc9)cc3c(c8c76)c54)n2)cc1.c1ccc(-c2nc(-c3ccccc3)nc(-n3c4cccc5c6ccccc6c6cccc7oc8c(-c9ccccc9)cc3c(c8c76)c54)n2)cc1.c1ccc(-n2c3cccc4c5ccccc5c5cccc6oc7ccc2c(c7c65)c43)nc1. The topological polar surface area (TPSA) is 144 Å². The maximum absolute atomic E-state index is 6.89. The summed E-state index contributed by atoms with van der Waals surface area (Å²) in [4.78, 5) is 35.7. The van der Waals surface area contributed by atoms with Crippen molar-refractivity contribution in [1.82, 2.24) is 48.6 Å². The number of rotatable bonds is 9. The molecule has 0 radical (unpaired) electrons. The Labute approximate surface area is 750 Å². The number of furan rings is 3. The Kier molecular flexibility index (Phi) is 15.9. The molecule has 0 unspecified atom stereocenters. The van der Waals surface area contributed by atoms with Gasteiger partial charge in [0.25, 0.3) is 0 Å². The molecule has 0 spiro atoms. The zero-order chi connectivity index (χ0) is 86.3. The Morgan fingerprint density at radius 2 is 0.455 bits per heavy atom. The van der Waals surface area contributed by atoms with Crippen LogP contribution in [0.4, 0.5) is 0 Å². The average molecular weight is 1690 g/mol. The van der Waals surface area contributed by atoms with Crippen LogP contribution in [-0.2, 0) is 0 Å². The van der Waals surface area contributed by atoms with Gasteiger partial charge in [-0.05, 0) is 149 Å². The molecule has 132 heavy (non-hydrogen) atoms. The Hall–Kier alpha value is -18.1. The first-order valence-corrected chi connectivity index (χ1v) is 44.4. The number of hydrogen-bond acceptors (Lipinski definition) is 10. The van der Waals surface area contributed by atoms with Crippen molar-refractivity contribution in [2.45, 2.75) is 0 Å². The van der Waals surface area contributed by atoms with Crippen LogP contribution in [-0.4, -0.2) is 48.6 Å².